The van der Waals surface area contributed by atoms with Crippen LogP contribution in [0.25, 0.3) is 0 Å². The number of hydrogen-bond acceptors (Lipinski definition) is 4. The average Bonchev–Trinajstić information content (AvgIpc) is 2.01. The fourth-order valence-corrected chi connectivity index (χ4v) is 0.938. The molecule has 0 fully saturated rings. The van der Waals surface area contributed by atoms with Gasteiger partial charge in [0.05, 0.1) is 13.5 Å². The van der Waals surface area contributed by atoms with Crippen molar-refractivity contribution in [3.8, 4) is 0 Å². The molecule has 3 N–H and O–H groups in total. The van der Waals surface area contributed by atoms with Crippen molar-refractivity contribution in [2.24, 2.45) is 0 Å². The van der Waals surface area contributed by atoms with Crippen molar-refractivity contribution in [3.05, 3.63) is 32.6 Å². The minimum absolute atomic E-state index is 0.118. The number of rotatable bonds is 3. The van der Waals surface area contributed by atoms with Crippen molar-refractivity contribution in [1.82, 2.24) is 15.4 Å². The number of carbonyl (C=O) groups excluding carboxylic acids is 1. The minimum atomic E-state index is -0.641. The molecule has 0 aliphatic rings. The van der Waals surface area contributed by atoms with Crippen molar-refractivity contribution in [2.75, 3.05) is 7.11 Å². The largest absolute Gasteiger partial charge is 0.325 e. The summed E-state index contributed by atoms with van der Waals surface area (Å²) in [6.45, 7) is 0. The summed E-state index contributed by atoms with van der Waals surface area (Å²) >= 11 is 0. The van der Waals surface area contributed by atoms with Gasteiger partial charge in [-0.25, -0.2) is 10.3 Å². The third kappa shape index (κ3) is 2.87. The summed E-state index contributed by atoms with van der Waals surface area (Å²) < 4.78 is 0. The highest BCUT2D eigenvalue weighted by Gasteiger charge is 2.03. The van der Waals surface area contributed by atoms with E-state index in [9.17, 15) is 14.4 Å². The van der Waals surface area contributed by atoms with Crippen LogP contribution in [0.3, 0.4) is 0 Å². The van der Waals surface area contributed by atoms with Gasteiger partial charge in [-0.05, 0) is 0 Å². The highest BCUT2D eigenvalue weighted by molar-refractivity contribution is 5.76. The molecule has 1 heterocycles. The van der Waals surface area contributed by atoms with Gasteiger partial charge in [0.25, 0.3) is 5.56 Å². The Kier molecular flexibility index (Phi) is 3.19. The number of aromatic amines is 2. The molecule has 76 valence electrons. The van der Waals surface area contributed by atoms with E-state index in [2.05, 4.69) is 15.3 Å². The lowest BCUT2D eigenvalue weighted by Crippen LogP contribution is -2.28. The maximum absolute atomic E-state index is 11.0. The van der Waals surface area contributed by atoms with Crippen LogP contribution in [0.1, 0.15) is 5.69 Å². The SMILES string of the molecule is CONC(=O)Cc1cc(=O)[nH]c(=O)[nH]1. The van der Waals surface area contributed by atoms with Gasteiger partial charge in [0.1, 0.15) is 0 Å². The number of H-pyrrole nitrogens is 2. The van der Waals surface area contributed by atoms with Crippen LogP contribution in [0.2, 0.25) is 0 Å². The van der Waals surface area contributed by atoms with Gasteiger partial charge < -0.3 is 4.98 Å². The molecule has 0 aliphatic heterocycles. The first-order valence-corrected chi connectivity index (χ1v) is 3.76. The molecular weight excluding hydrogens is 190 g/mol. The van der Waals surface area contributed by atoms with Gasteiger partial charge in [0, 0.05) is 11.8 Å². The number of carbonyl (C=O) groups is 1. The summed E-state index contributed by atoms with van der Waals surface area (Å²) in [6.07, 6.45) is -0.118. The third-order valence-electron chi connectivity index (χ3n) is 1.38. The Bertz CT molecular complexity index is 405. The Labute approximate surface area is 78.1 Å². The van der Waals surface area contributed by atoms with Crippen LogP contribution in [0, 0.1) is 0 Å². The molecular formula is C7H9N3O4. The molecule has 0 saturated carbocycles. The van der Waals surface area contributed by atoms with E-state index in [1.807, 2.05) is 4.98 Å². The van der Waals surface area contributed by atoms with Crippen LogP contribution in [0.5, 0.6) is 0 Å². The Morgan fingerprint density at radius 1 is 1.50 bits per heavy atom. The molecule has 0 atom stereocenters. The van der Waals surface area contributed by atoms with Gasteiger partial charge in [-0.1, -0.05) is 0 Å². The second kappa shape index (κ2) is 4.38. The lowest BCUT2D eigenvalue weighted by atomic mass is 10.3. The lowest BCUT2D eigenvalue weighted by Gasteiger charge is -2.00. The molecule has 0 aromatic carbocycles. The normalized spacial score (nSPS) is 9.79. The van der Waals surface area contributed by atoms with E-state index in [1.54, 1.807) is 0 Å². The monoisotopic (exact) mass is 199 g/mol. The third-order valence-corrected chi connectivity index (χ3v) is 1.38. The molecule has 7 nitrogen and oxygen atoms in total. The number of amides is 1. The zero-order valence-electron chi connectivity index (χ0n) is 7.42. The van der Waals surface area contributed by atoms with E-state index in [0.717, 1.165) is 6.07 Å². The van der Waals surface area contributed by atoms with Crippen LogP contribution in [0.15, 0.2) is 15.7 Å². The first-order chi connectivity index (χ1) is 6.61. The molecule has 0 radical (unpaired) electrons. The van der Waals surface area contributed by atoms with E-state index in [1.165, 1.54) is 7.11 Å². The van der Waals surface area contributed by atoms with Crippen LogP contribution in [-0.2, 0) is 16.1 Å². The second-order valence-electron chi connectivity index (χ2n) is 2.52. The van der Waals surface area contributed by atoms with E-state index < -0.39 is 17.2 Å². The maximum Gasteiger partial charge on any atom is 0.325 e. The summed E-state index contributed by atoms with van der Waals surface area (Å²) in [4.78, 5) is 41.2. The number of hydrogen-bond donors (Lipinski definition) is 3. The topological polar surface area (TPSA) is 104 Å². The molecule has 1 rings (SSSR count). The predicted octanol–water partition coefficient (Wildman–Crippen LogP) is -1.72. The molecule has 0 bridgehead atoms. The summed E-state index contributed by atoms with van der Waals surface area (Å²) in [5, 5.41) is 0. The van der Waals surface area contributed by atoms with Crippen LogP contribution in [-0.4, -0.2) is 23.0 Å². The van der Waals surface area contributed by atoms with Crippen molar-refractivity contribution in [3.63, 3.8) is 0 Å². The Balaban J connectivity index is 2.82. The maximum atomic E-state index is 11.0. The lowest BCUT2D eigenvalue weighted by molar-refractivity contribution is -0.130. The van der Waals surface area contributed by atoms with E-state index in [4.69, 9.17) is 0 Å². The minimum Gasteiger partial charge on any atom is -0.311 e. The molecule has 0 spiro atoms. The molecule has 7 heteroatoms. The number of nitrogens with one attached hydrogen (secondary N) is 3. The highest BCUT2D eigenvalue weighted by Crippen LogP contribution is 1.87. The molecule has 1 amide bonds. The van der Waals surface area contributed by atoms with Crippen LogP contribution in [0.4, 0.5) is 0 Å². The van der Waals surface area contributed by atoms with Crippen LogP contribution < -0.4 is 16.7 Å². The fraction of sp³-hybridized carbons (Fsp3) is 0.286. The number of hydroxylamine groups is 1. The fourth-order valence-electron chi connectivity index (χ4n) is 0.938. The Morgan fingerprint density at radius 3 is 2.79 bits per heavy atom. The van der Waals surface area contributed by atoms with Crippen molar-refractivity contribution < 1.29 is 9.63 Å². The van der Waals surface area contributed by atoms with Gasteiger partial charge in [-0.2, -0.15) is 0 Å². The highest BCUT2D eigenvalue weighted by atomic mass is 16.6. The van der Waals surface area contributed by atoms with E-state index >= 15 is 0 Å². The van der Waals surface area contributed by atoms with Crippen molar-refractivity contribution >= 4 is 5.91 Å². The van der Waals surface area contributed by atoms with Gasteiger partial charge in [0.2, 0.25) is 5.91 Å². The molecule has 1 aromatic heterocycles. The average molecular weight is 199 g/mol. The zero-order valence-corrected chi connectivity index (χ0v) is 7.42. The summed E-state index contributed by atoms with van der Waals surface area (Å²) in [5.74, 6) is -0.450. The summed E-state index contributed by atoms with van der Waals surface area (Å²) in [5.41, 5.74) is 1.10. The number of aromatic nitrogens is 2. The van der Waals surface area contributed by atoms with Gasteiger partial charge in [-0.15, -0.1) is 0 Å². The predicted molar refractivity (Wildman–Crippen MR) is 46.5 cm³/mol. The van der Waals surface area contributed by atoms with E-state index in [0.29, 0.717) is 0 Å². The molecule has 1 aromatic rings. The molecule has 14 heavy (non-hydrogen) atoms. The van der Waals surface area contributed by atoms with Crippen molar-refractivity contribution in [2.45, 2.75) is 6.42 Å². The standard InChI is InChI=1S/C7H9N3O4/c1-14-10-6(12)3-4-2-5(11)9-7(13)8-4/h2H,3H2,1H3,(H,10,12)(H2,8,9,11,13). The molecule has 0 unspecified atom stereocenters. The smallest absolute Gasteiger partial charge is 0.311 e. The van der Waals surface area contributed by atoms with Crippen LogP contribution >= 0.6 is 0 Å². The summed E-state index contributed by atoms with van der Waals surface area (Å²) in [7, 11) is 1.29. The first-order valence-electron chi connectivity index (χ1n) is 3.76. The van der Waals surface area contributed by atoms with Gasteiger partial charge in [-0.3, -0.25) is 19.4 Å². The summed E-state index contributed by atoms with van der Waals surface area (Å²) in [6, 6.07) is 1.14. The quantitative estimate of drug-likeness (QED) is 0.504. The molecule has 0 aliphatic carbocycles. The first kappa shape index (κ1) is 10.2. The Hall–Kier alpha value is -1.89. The molecule has 0 saturated heterocycles. The second-order valence-corrected chi connectivity index (χ2v) is 2.52. The Morgan fingerprint density at radius 2 is 2.21 bits per heavy atom. The van der Waals surface area contributed by atoms with Gasteiger partial charge >= 0.3 is 5.69 Å². The van der Waals surface area contributed by atoms with Gasteiger partial charge in [0.15, 0.2) is 0 Å². The van der Waals surface area contributed by atoms with Crippen molar-refractivity contribution in [1.29, 1.82) is 0 Å². The zero-order chi connectivity index (χ0) is 10.6. The van der Waals surface area contributed by atoms with E-state index in [-0.39, 0.29) is 12.1 Å².